The second-order valence-electron chi connectivity index (χ2n) is 3.01. The minimum atomic E-state index is -0.888. The Hall–Kier alpha value is -1.55. The number of aliphatic hydroxyl groups excluding tert-OH is 1. The number of hydrogen-bond donors (Lipinski definition) is 1. The van der Waals surface area contributed by atoms with Crippen LogP contribution in [0.15, 0.2) is 18.2 Å². The number of benzene rings is 1. The Morgan fingerprint density at radius 2 is 2.20 bits per heavy atom. The van der Waals surface area contributed by atoms with Gasteiger partial charge in [-0.25, -0.2) is 0 Å². The predicted octanol–water partition coefficient (Wildman–Crippen LogP) is 1.61. The third kappa shape index (κ3) is 2.95. The van der Waals surface area contributed by atoms with E-state index in [1.807, 2.05) is 0 Å². The number of carbonyl (C=O) groups excluding carboxylic acids is 1. The van der Waals surface area contributed by atoms with Crippen LogP contribution in [0.1, 0.15) is 23.7 Å². The van der Waals surface area contributed by atoms with Crippen molar-refractivity contribution in [1.82, 2.24) is 0 Å². The molecule has 0 aliphatic heterocycles. The summed E-state index contributed by atoms with van der Waals surface area (Å²) in [5, 5.41) is 9.33. The Balaban J connectivity index is 2.95. The van der Waals surface area contributed by atoms with Crippen LogP contribution >= 0.6 is 0 Å². The maximum atomic E-state index is 10.6. The minimum absolute atomic E-state index is 0.372. The molecular formula is C11H14O4. The first-order valence-corrected chi connectivity index (χ1v) is 4.69. The fourth-order valence-corrected chi connectivity index (χ4v) is 1.09. The molecule has 0 amide bonds. The summed E-state index contributed by atoms with van der Waals surface area (Å²) in [6.07, 6.45) is 0.292. The van der Waals surface area contributed by atoms with E-state index >= 15 is 0 Å². The van der Waals surface area contributed by atoms with Gasteiger partial charge in [-0.05, 0) is 18.2 Å². The summed E-state index contributed by atoms with van der Waals surface area (Å²) in [6, 6.07) is 4.78. The third-order valence-electron chi connectivity index (χ3n) is 1.94. The lowest BCUT2D eigenvalue weighted by Crippen LogP contribution is -2.14. The lowest BCUT2D eigenvalue weighted by molar-refractivity contribution is -0.0207. The Morgan fingerprint density at radius 3 is 2.73 bits per heavy atom. The molecule has 0 aliphatic rings. The van der Waals surface area contributed by atoms with Crippen LogP contribution in [0.5, 0.6) is 11.5 Å². The highest BCUT2D eigenvalue weighted by Gasteiger charge is 2.09. The van der Waals surface area contributed by atoms with Gasteiger partial charge in [-0.3, -0.25) is 4.79 Å². The summed E-state index contributed by atoms with van der Waals surface area (Å²) < 4.78 is 10.2. The van der Waals surface area contributed by atoms with Gasteiger partial charge in [0.2, 0.25) is 0 Å². The molecule has 4 nitrogen and oxygen atoms in total. The van der Waals surface area contributed by atoms with Gasteiger partial charge in [0.1, 0.15) is 6.29 Å². The zero-order valence-electron chi connectivity index (χ0n) is 8.77. The van der Waals surface area contributed by atoms with Gasteiger partial charge in [0.25, 0.3) is 0 Å². The summed E-state index contributed by atoms with van der Waals surface area (Å²) in [4.78, 5) is 10.6. The molecular weight excluding hydrogens is 196 g/mol. The molecule has 1 N–H and O–H groups in total. The van der Waals surface area contributed by atoms with Crippen LogP contribution in [-0.2, 0) is 0 Å². The lowest BCUT2D eigenvalue weighted by Gasteiger charge is -2.14. The van der Waals surface area contributed by atoms with Crippen molar-refractivity contribution < 1.29 is 19.4 Å². The third-order valence-corrected chi connectivity index (χ3v) is 1.94. The fourth-order valence-electron chi connectivity index (χ4n) is 1.09. The summed E-state index contributed by atoms with van der Waals surface area (Å²) >= 11 is 0. The molecule has 1 atom stereocenters. The van der Waals surface area contributed by atoms with Gasteiger partial charge in [0.05, 0.1) is 7.11 Å². The second kappa shape index (κ2) is 5.36. The van der Waals surface area contributed by atoms with Gasteiger partial charge in [-0.2, -0.15) is 0 Å². The molecule has 0 bridgehead atoms. The predicted molar refractivity (Wildman–Crippen MR) is 55.3 cm³/mol. The van der Waals surface area contributed by atoms with Crippen molar-refractivity contribution in [3.63, 3.8) is 0 Å². The molecule has 0 heterocycles. The maximum absolute atomic E-state index is 10.6. The average molecular weight is 210 g/mol. The summed E-state index contributed by atoms with van der Waals surface area (Å²) in [5.74, 6) is 0.865. The van der Waals surface area contributed by atoms with E-state index in [9.17, 15) is 9.90 Å². The van der Waals surface area contributed by atoms with Crippen molar-refractivity contribution in [3.05, 3.63) is 23.8 Å². The van der Waals surface area contributed by atoms with Crippen LogP contribution in [-0.4, -0.2) is 24.8 Å². The zero-order chi connectivity index (χ0) is 11.3. The molecule has 0 saturated carbocycles. The lowest BCUT2D eigenvalue weighted by atomic mass is 10.2. The summed E-state index contributed by atoms with van der Waals surface area (Å²) in [7, 11) is 1.50. The van der Waals surface area contributed by atoms with Crippen molar-refractivity contribution in [3.8, 4) is 11.5 Å². The van der Waals surface area contributed by atoms with E-state index in [1.54, 1.807) is 19.1 Å². The average Bonchev–Trinajstić information content (AvgIpc) is 2.28. The highest BCUT2D eigenvalue weighted by atomic mass is 16.6. The Labute approximate surface area is 88.4 Å². The van der Waals surface area contributed by atoms with Crippen LogP contribution in [0.25, 0.3) is 0 Å². The molecule has 0 aromatic heterocycles. The molecule has 1 aromatic carbocycles. The molecule has 4 heteroatoms. The smallest absolute Gasteiger partial charge is 0.197 e. The van der Waals surface area contributed by atoms with Crippen LogP contribution in [0.3, 0.4) is 0 Å². The standard InChI is InChI=1S/C11H14O4/c1-3-11(13)15-10-6-8(7-12)4-5-9(10)14-2/h4-7,11,13H,3H2,1-2H3/t11-/m1/s1. The van der Waals surface area contributed by atoms with Gasteiger partial charge in [0, 0.05) is 12.0 Å². The van der Waals surface area contributed by atoms with E-state index in [2.05, 4.69) is 0 Å². The zero-order valence-corrected chi connectivity index (χ0v) is 8.77. The number of rotatable bonds is 5. The van der Waals surface area contributed by atoms with Crippen LogP contribution in [0, 0.1) is 0 Å². The Kier molecular flexibility index (Phi) is 4.12. The molecule has 0 fully saturated rings. The first-order valence-electron chi connectivity index (χ1n) is 4.69. The van der Waals surface area contributed by atoms with E-state index in [0.29, 0.717) is 29.8 Å². The SMILES string of the molecule is CC[C@H](O)Oc1cc(C=O)ccc1OC. The number of ether oxygens (including phenoxy) is 2. The number of methoxy groups -OCH3 is 1. The van der Waals surface area contributed by atoms with Crippen molar-refractivity contribution in [2.24, 2.45) is 0 Å². The van der Waals surface area contributed by atoms with Gasteiger partial charge in [-0.15, -0.1) is 0 Å². The normalized spacial score (nSPS) is 11.9. The quantitative estimate of drug-likeness (QED) is 0.592. The van der Waals surface area contributed by atoms with E-state index in [4.69, 9.17) is 9.47 Å². The van der Waals surface area contributed by atoms with Crippen molar-refractivity contribution in [2.45, 2.75) is 19.6 Å². The van der Waals surface area contributed by atoms with Gasteiger partial charge >= 0.3 is 0 Å². The molecule has 0 aliphatic carbocycles. The number of aldehydes is 1. The highest BCUT2D eigenvalue weighted by molar-refractivity contribution is 5.76. The van der Waals surface area contributed by atoms with Crippen LogP contribution < -0.4 is 9.47 Å². The van der Waals surface area contributed by atoms with Crippen LogP contribution in [0.4, 0.5) is 0 Å². The largest absolute Gasteiger partial charge is 0.493 e. The topological polar surface area (TPSA) is 55.8 Å². The summed E-state index contributed by atoms with van der Waals surface area (Å²) in [6.45, 7) is 1.79. The number of hydrogen-bond acceptors (Lipinski definition) is 4. The summed E-state index contributed by atoms with van der Waals surface area (Å²) in [5.41, 5.74) is 0.481. The van der Waals surface area contributed by atoms with Crippen molar-refractivity contribution in [2.75, 3.05) is 7.11 Å². The highest BCUT2D eigenvalue weighted by Crippen LogP contribution is 2.28. The first-order chi connectivity index (χ1) is 7.21. The number of carbonyl (C=O) groups is 1. The van der Waals surface area contributed by atoms with Crippen molar-refractivity contribution in [1.29, 1.82) is 0 Å². The van der Waals surface area contributed by atoms with Gasteiger partial charge in [-0.1, -0.05) is 6.92 Å². The minimum Gasteiger partial charge on any atom is -0.493 e. The second-order valence-corrected chi connectivity index (χ2v) is 3.01. The molecule has 1 aromatic rings. The molecule has 15 heavy (non-hydrogen) atoms. The Bertz CT molecular complexity index is 335. The van der Waals surface area contributed by atoms with E-state index in [0.717, 1.165) is 0 Å². The maximum Gasteiger partial charge on any atom is 0.197 e. The molecule has 0 unspecified atom stereocenters. The molecule has 1 rings (SSSR count). The van der Waals surface area contributed by atoms with Crippen molar-refractivity contribution >= 4 is 6.29 Å². The fraction of sp³-hybridized carbons (Fsp3) is 0.364. The van der Waals surface area contributed by atoms with E-state index in [1.165, 1.54) is 13.2 Å². The van der Waals surface area contributed by atoms with Crippen LogP contribution in [0.2, 0.25) is 0 Å². The molecule has 82 valence electrons. The first kappa shape index (κ1) is 11.5. The molecule has 0 spiro atoms. The van der Waals surface area contributed by atoms with Gasteiger partial charge in [0.15, 0.2) is 17.8 Å². The monoisotopic (exact) mass is 210 g/mol. The Morgan fingerprint density at radius 1 is 1.47 bits per heavy atom. The van der Waals surface area contributed by atoms with E-state index < -0.39 is 6.29 Å². The molecule has 0 radical (unpaired) electrons. The molecule has 0 saturated heterocycles. The van der Waals surface area contributed by atoms with Gasteiger partial charge < -0.3 is 14.6 Å². The number of aliphatic hydroxyl groups is 1. The van der Waals surface area contributed by atoms with E-state index in [-0.39, 0.29) is 0 Å².